The Kier molecular flexibility index (Phi) is 8.74. The summed E-state index contributed by atoms with van der Waals surface area (Å²) in [7, 11) is -0.263. The average molecular weight is 477 g/mol. The van der Waals surface area contributed by atoms with Gasteiger partial charge in [0.25, 0.3) is 0 Å². The Bertz CT molecular complexity index is 1000. The van der Waals surface area contributed by atoms with Crippen molar-refractivity contribution in [3.63, 3.8) is 0 Å². The van der Waals surface area contributed by atoms with Crippen molar-refractivity contribution in [2.75, 3.05) is 0 Å². The molecule has 0 aliphatic rings. The van der Waals surface area contributed by atoms with Gasteiger partial charge in [0.1, 0.15) is 14.3 Å². The fraction of sp³-hybridized carbons (Fsp3) is 0.571. The van der Waals surface area contributed by atoms with Crippen LogP contribution in [-0.4, -0.2) is 34.3 Å². The summed E-state index contributed by atoms with van der Waals surface area (Å²) in [5.41, 5.74) is 0. The van der Waals surface area contributed by atoms with Crippen LogP contribution in [0.15, 0.2) is 37.2 Å². The van der Waals surface area contributed by atoms with Crippen molar-refractivity contribution >= 4 is 43.8 Å². The zero-order chi connectivity index (χ0) is 22.4. The lowest BCUT2D eigenvalue weighted by atomic mass is 9.92. The fourth-order valence-corrected chi connectivity index (χ4v) is 4.63. The predicted octanol–water partition coefficient (Wildman–Crippen LogP) is 6.01. The molecule has 10 heteroatoms. The van der Waals surface area contributed by atoms with Gasteiger partial charge in [-0.25, -0.2) is 0 Å². The van der Waals surface area contributed by atoms with Crippen molar-refractivity contribution < 1.29 is 0 Å². The maximum absolute atomic E-state index is 5.87. The lowest BCUT2D eigenvalue weighted by Crippen LogP contribution is -2.41. The SMILES string of the molecule is CCCCn1ccn([B-](n2ccn(CCCC)c2=S)n2ccn(CCCC)c2=S)c1=S. The summed E-state index contributed by atoms with van der Waals surface area (Å²) in [6.07, 6.45) is 19.1. The van der Waals surface area contributed by atoms with Crippen LogP contribution >= 0.6 is 36.7 Å². The molecule has 6 nitrogen and oxygen atoms in total. The zero-order valence-electron chi connectivity index (χ0n) is 18.8. The van der Waals surface area contributed by atoms with Crippen molar-refractivity contribution in [3.05, 3.63) is 51.5 Å². The van der Waals surface area contributed by atoms with Crippen LogP contribution in [0.4, 0.5) is 0 Å². The molecule has 0 aliphatic carbocycles. The molecule has 0 atom stereocenters. The second-order valence-corrected chi connectivity index (χ2v) is 9.05. The first-order chi connectivity index (χ1) is 15.0. The molecule has 1 radical (unpaired) electrons. The van der Waals surface area contributed by atoms with Gasteiger partial charge in [-0.1, -0.05) is 40.0 Å². The standard InChI is InChI=1S/C21H33BN6S3/c1-4-7-10-23-13-16-26(19(23)29)22(27-17-14-24(20(27)30)11-8-5-2)28-18-15-25(21(28)31)12-9-6-3/h13-18H,4-12H2,1-3H3/q-1. The van der Waals surface area contributed by atoms with Gasteiger partial charge >= 0.3 is 0 Å². The molecule has 0 unspecified atom stereocenters. The van der Waals surface area contributed by atoms with E-state index < -0.39 is 0 Å². The van der Waals surface area contributed by atoms with Gasteiger partial charge in [-0.15, -0.1) is 0 Å². The quantitative estimate of drug-likeness (QED) is 0.237. The normalized spacial score (nSPS) is 11.6. The molecule has 0 spiro atoms. The maximum atomic E-state index is 5.87. The summed E-state index contributed by atoms with van der Waals surface area (Å²) in [5, 5.41) is 0. The maximum Gasteiger partial charge on any atom is 0.209 e. The van der Waals surface area contributed by atoms with Crippen molar-refractivity contribution in [3.8, 4) is 0 Å². The van der Waals surface area contributed by atoms with Gasteiger partial charge in [0.05, 0.1) is 0 Å². The number of hydrogen-bond donors (Lipinski definition) is 0. The zero-order valence-corrected chi connectivity index (χ0v) is 21.3. The third-order valence-corrected chi connectivity index (χ3v) is 6.96. The summed E-state index contributed by atoms with van der Waals surface area (Å²) in [4.78, 5) is 0. The lowest BCUT2D eigenvalue weighted by molar-refractivity contribution is 0.614. The van der Waals surface area contributed by atoms with Crippen LogP contribution in [0.2, 0.25) is 0 Å². The van der Waals surface area contributed by atoms with Crippen molar-refractivity contribution in [2.24, 2.45) is 0 Å². The second kappa shape index (κ2) is 11.3. The van der Waals surface area contributed by atoms with Gasteiger partial charge < -0.3 is 27.1 Å². The number of nitrogens with zero attached hydrogens (tertiary/aromatic N) is 6. The van der Waals surface area contributed by atoms with Crippen molar-refractivity contribution in [1.82, 2.24) is 27.1 Å². The van der Waals surface area contributed by atoms with Crippen LogP contribution in [0.3, 0.4) is 0 Å². The topological polar surface area (TPSA) is 29.6 Å². The Morgan fingerprint density at radius 3 is 1.10 bits per heavy atom. The van der Waals surface area contributed by atoms with Gasteiger partial charge in [-0.2, -0.15) is 0 Å². The molecule has 31 heavy (non-hydrogen) atoms. The highest BCUT2D eigenvalue weighted by atomic mass is 32.1. The number of unbranched alkanes of at least 4 members (excludes halogenated alkanes) is 3. The molecule has 0 amide bonds. The van der Waals surface area contributed by atoms with Crippen LogP contribution in [0, 0.1) is 14.3 Å². The first-order valence-corrected chi connectivity index (χ1v) is 12.6. The van der Waals surface area contributed by atoms with E-state index in [1.54, 1.807) is 0 Å². The Labute approximate surface area is 200 Å². The lowest BCUT2D eigenvalue weighted by Gasteiger charge is -2.33. The number of aromatic nitrogens is 6. The van der Waals surface area contributed by atoms with E-state index in [9.17, 15) is 0 Å². The molecule has 0 fully saturated rings. The number of imidazole rings is 3. The van der Waals surface area contributed by atoms with Gasteiger partial charge in [0, 0.05) is 38.2 Å². The third-order valence-electron chi connectivity index (χ3n) is 5.63. The van der Waals surface area contributed by atoms with Crippen LogP contribution in [0.1, 0.15) is 59.3 Å². The van der Waals surface area contributed by atoms with Gasteiger partial charge in [0.15, 0.2) is 0 Å². The monoisotopic (exact) mass is 476 g/mol. The second-order valence-electron chi connectivity index (χ2n) is 7.95. The van der Waals surface area contributed by atoms with E-state index in [0.717, 1.165) is 72.5 Å². The summed E-state index contributed by atoms with van der Waals surface area (Å²) in [6, 6.07) is 0. The Morgan fingerprint density at radius 2 is 0.839 bits per heavy atom. The molecule has 0 saturated heterocycles. The molecule has 3 rings (SSSR count). The van der Waals surface area contributed by atoms with E-state index in [2.05, 4.69) is 85.1 Å². The van der Waals surface area contributed by atoms with Crippen LogP contribution in [-0.2, 0) is 19.6 Å². The van der Waals surface area contributed by atoms with Crippen molar-refractivity contribution in [2.45, 2.75) is 78.9 Å². The highest BCUT2D eigenvalue weighted by molar-refractivity contribution is 7.71. The molecule has 3 aromatic rings. The summed E-state index contributed by atoms with van der Waals surface area (Å²) in [6.45, 7) is 9.34. The molecule has 169 valence electrons. The van der Waals surface area contributed by atoms with Crippen LogP contribution in [0.5, 0.6) is 0 Å². The minimum atomic E-state index is -0.263. The van der Waals surface area contributed by atoms with Gasteiger partial charge in [-0.05, 0) is 74.5 Å². The highest BCUT2D eigenvalue weighted by Gasteiger charge is 2.13. The van der Waals surface area contributed by atoms with Crippen LogP contribution < -0.4 is 0 Å². The molecule has 0 N–H and O–H groups in total. The Hall–Kier alpha value is -1.65. The molecule has 3 aromatic heterocycles. The first kappa shape index (κ1) is 24.0. The minimum Gasteiger partial charge on any atom is -0.484 e. The predicted molar refractivity (Wildman–Crippen MR) is 136 cm³/mol. The first-order valence-electron chi connectivity index (χ1n) is 11.3. The van der Waals surface area contributed by atoms with E-state index in [0.29, 0.717) is 0 Å². The van der Waals surface area contributed by atoms with E-state index in [4.69, 9.17) is 36.7 Å². The number of hydrogen-bond acceptors (Lipinski definition) is 3. The highest BCUT2D eigenvalue weighted by Crippen LogP contribution is 2.12. The van der Waals surface area contributed by atoms with Gasteiger partial charge in [-0.3, -0.25) is 0 Å². The smallest absolute Gasteiger partial charge is 0.209 e. The molecular weight excluding hydrogens is 443 g/mol. The molecule has 0 aliphatic heterocycles. The summed E-state index contributed by atoms with van der Waals surface area (Å²) >= 11 is 17.6. The molecule has 0 bridgehead atoms. The third kappa shape index (κ3) is 5.23. The van der Waals surface area contributed by atoms with Crippen LogP contribution in [0.25, 0.3) is 0 Å². The molecule has 0 aromatic carbocycles. The Morgan fingerprint density at radius 1 is 0.548 bits per heavy atom. The Balaban J connectivity index is 2.11. The average Bonchev–Trinajstić information content (AvgIpc) is 3.43. The van der Waals surface area contributed by atoms with Crippen molar-refractivity contribution in [1.29, 1.82) is 0 Å². The summed E-state index contributed by atoms with van der Waals surface area (Å²) in [5.74, 6) is 0. The largest absolute Gasteiger partial charge is 0.484 e. The molecular formula is C21H33BN6S3-. The fourth-order valence-electron chi connectivity index (χ4n) is 3.71. The number of aryl methyl sites for hydroxylation is 3. The molecule has 0 saturated carbocycles. The van der Waals surface area contributed by atoms with E-state index in [1.807, 2.05) is 0 Å². The van der Waals surface area contributed by atoms with Gasteiger partial charge in [0.2, 0.25) is 7.12 Å². The van der Waals surface area contributed by atoms with E-state index in [-0.39, 0.29) is 7.12 Å². The summed E-state index contributed by atoms with van der Waals surface area (Å²) < 4.78 is 15.1. The van der Waals surface area contributed by atoms with E-state index >= 15 is 0 Å². The minimum absolute atomic E-state index is 0.263. The van der Waals surface area contributed by atoms with E-state index in [1.165, 1.54) is 0 Å². The number of rotatable bonds is 12. The molecule has 3 heterocycles.